The molecule has 1 aromatic carbocycles. The monoisotopic (exact) mass is 251 g/mol. The molecule has 5 heteroatoms. The second kappa shape index (κ2) is 6.74. The molecular formula is C13H17NO4. The molecule has 18 heavy (non-hydrogen) atoms. The maximum Gasteiger partial charge on any atom is 0.306 e. The van der Waals surface area contributed by atoms with Crippen molar-refractivity contribution in [3.8, 4) is 0 Å². The molecule has 0 aliphatic rings. The lowest BCUT2D eigenvalue weighted by atomic mass is 9.88. The van der Waals surface area contributed by atoms with E-state index in [1.807, 2.05) is 30.3 Å². The lowest BCUT2D eigenvalue weighted by Gasteiger charge is -2.16. The van der Waals surface area contributed by atoms with Gasteiger partial charge in [-0.3, -0.25) is 14.9 Å². The highest BCUT2D eigenvalue weighted by Gasteiger charge is 2.27. The van der Waals surface area contributed by atoms with Crippen molar-refractivity contribution in [3.63, 3.8) is 0 Å². The van der Waals surface area contributed by atoms with E-state index < -0.39 is 22.7 Å². The first-order valence-electron chi connectivity index (χ1n) is 5.89. The molecule has 0 saturated heterocycles. The molecule has 0 bridgehead atoms. The highest BCUT2D eigenvalue weighted by molar-refractivity contribution is 5.69. The number of hydrogen-bond donors (Lipinski definition) is 1. The zero-order valence-corrected chi connectivity index (χ0v) is 10.3. The molecule has 1 N–H and O–H groups in total. The van der Waals surface area contributed by atoms with Crippen LogP contribution in [-0.2, 0) is 11.2 Å². The summed E-state index contributed by atoms with van der Waals surface area (Å²) in [5.74, 6) is -2.10. The zero-order chi connectivity index (χ0) is 13.5. The van der Waals surface area contributed by atoms with Crippen molar-refractivity contribution in [3.05, 3.63) is 46.0 Å². The predicted molar refractivity (Wildman–Crippen MR) is 66.9 cm³/mol. The Labute approximate surface area is 106 Å². The molecule has 98 valence electrons. The first-order chi connectivity index (χ1) is 8.50. The van der Waals surface area contributed by atoms with Gasteiger partial charge in [0.1, 0.15) is 0 Å². The van der Waals surface area contributed by atoms with Crippen molar-refractivity contribution in [2.45, 2.75) is 19.8 Å². The van der Waals surface area contributed by atoms with Crippen LogP contribution in [0.2, 0.25) is 0 Å². The van der Waals surface area contributed by atoms with Crippen molar-refractivity contribution in [1.29, 1.82) is 0 Å². The van der Waals surface area contributed by atoms with Gasteiger partial charge in [0.15, 0.2) is 0 Å². The van der Waals surface area contributed by atoms with E-state index in [-0.39, 0.29) is 6.54 Å². The molecule has 1 rings (SSSR count). The highest BCUT2D eigenvalue weighted by Crippen LogP contribution is 2.19. The molecule has 0 aliphatic heterocycles. The molecule has 0 unspecified atom stereocenters. The van der Waals surface area contributed by atoms with Gasteiger partial charge in [-0.2, -0.15) is 0 Å². The minimum absolute atomic E-state index is 0.291. The fourth-order valence-corrected chi connectivity index (χ4v) is 1.89. The van der Waals surface area contributed by atoms with Crippen LogP contribution in [0.15, 0.2) is 30.3 Å². The minimum Gasteiger partial charge on any atom is -0.481 e. The number of aliphatic carboxylic acids is 1. The lowest BCUT2D eigenvalue weighted by Crippen LogP contribution is -2.27. The van der Waals surface area contributed by atoms with Gasteiger partial charge in [0.25, 0.3) is 0 Å². The van der Waals surface area contributed by atoms with Crippen molar-refractivity contribution in [2.75, 3.05) is 6.54 Å². The molecule has 0 radical (unpaired) electrons. The average Bonchev–Trinajstić information content (AvgIpc) is 2.34. The third kappa shape index (κ3) is 4.53. The number of carboxylic acids is 1. The van der Waals surface area contributed by atoms with Gasteiger partial charge < -0.3 is 5.11 Å². The Balaban J connectivity index is 2.61. The van der Waals surface area contributed by atoms with E-state index >= 15 is 0 Å². The van der Waals surface area contributed by atoms with E-state index in [1.54, 1.807) is 0 Å². The van der Waals surface area contributed by atoms with Crippen molar-refractivity contribution >= 4 is 5.97 Å². The van der Waals surface area contributed by atoms with Crippen LogP contribution in [0.25, 0.3) is 0 Å². The molecule has 0 aromatic heterocycles. The molecule has 0 amide bonds. The largest absolute Gasteiger partial charge is 0.481 e. The van der Waals surface area contributed by atoms with Gasteiger partial charge in [0, 0.05) is 10.8 Å². The first kappa shape index (κ1) is 14.2. The molecule has 2 atom stereocenters. The van der Waals surface area contributed by atoms with Gasteiger partial charge in [-0.25, -0.2) is 0 Å². The van der Waals surface area contributed by atoms with E-state index in [0.29, 0.717) is 12.8 Å². The van der Waals surface area contributed by atoms with Crippen LogP contribution < -0.4 is 0 Å². The molecule has 1 aromatic rings. The highest BCUT2D eigenvalue weighted by atomic mass is 16.6. The van der Waals surface area contributed by atoms with E-state index in [0.717, 1.165) is 5.56 Å². The summed E-state index contributed by atoms with van der Waals surface area (Å²) in [6, 6.07) is 9.58. The lowest BCUT2D eigenvalue weighted by molar-refractivity contribution is -0.489. The summed E-state index contributed by atoms with van der Waals surface area (Å²) >= 11 is 0. The number of nitrogens with zero attached hydrogens (tertiary/aromatic N) is 1. The Morgan fingerprint density at radius 3 is 2.50 bits per heavy atom. The minimum atomic E-state index is -0.977. The predicted octanol–water partition coefficient (Wildman–Crippen LogP) is 2.23. The maximum atomic E-state index is 10.9. The van der Waals surface area contributed by atoms with E-state index in [4.69, 9.17) is 5.11 Å². The van der Waals surface area contributed by atoms with Crippen LogP contribution in [0.4, 0.5) is 0 Å². The van der Waals surface area contributed by atoms with Gasteiger partial charge in [-0.1, -0.05) is 37.3 Å². The van der Waals surface area contributed by atoms with Crippen molar-refractivity contribution in [2.24, 2.45) is 11.8 Å². The second-order valence-electron chi connectivity index (χ2n) is 4.43. The van der Waals surface area contributed by atoms with Crippen LogP contribution in [0.1, 0.15) is 18.9 Å². The number of rotatable bonds is 7. The maximum absolute atomic E-state index is 10.9. The van der Waals surface area contributed by atoms with Crippen LogP contribution in [0.3, 0.4) is 0 Å². The smallest absolute Gasteiger partial charge is 0.306 e. The number of aryl methyl sites for hydroxylation is 1. The number of hydrogen-bond acceptors (Lipinski definition) is 3. The fraction of sp³-hybridized carbons (Fsp3) is 0.462. The summed E-state index contributed by atoms with van der Waals surface area (Å²) < 4.78 is 0. The van der Waals surface area contributed by atoms with Crippen LogP contribution in [0, 0.1) is 22.0 Å². The summed E-state index contributed by atoms with van der Waals surface area (Å²) in [4.78, 5) is 21.0. The SMILES string of the molecule is C[C@H](C(=O)O)[C@H](CCc1ccccc1)C[N+](=O)[O-]. The molecule has 0 heterocycles. The molecule has 0 spiro atoms. The Morgan fingerprint density at radius 2 is 2.00 bits per heavy atom. The quantitative estimate of drug-likeness (QED) is 0.595. The van der Waals surface area contributed by atoms with Gasteiger partial charge in [-0.05, 0) is 18.4 Å². The Kier molecular flexibility index (Phi) is 5.30. The fourth-order valence-electron chi connectivity index (χ4n) is 1.89. The van der Waals surface area contributed by atoms with Crippen LogP contribution >= 0.6 is 0 Å². The number of nitro groups is 1. The number of benzene rings is 1. The summed E-state index contributed by atoms with van der Waals surface area (Å²) in [5, 5.41) is 19.5. The van der Waals surface area contributed by atoms with Gasteiger partial charge in [-0.15, -0.1) is 0 Å². The van der Waals surface area contributed by atoms with E-state index in [2.05, 4.69) is 0 Å². The number of carbonyl (C=O) groups is 1. The van der Waals surface area contributed by atoms with Crippen LogP contribution in [0.5, 0.6) is 0 Å². The summed E-state index contributed by atoms with van der Waals surface area (Å²) in [6.45, 7) is 1.24. The molecule has 5 nitrogen and oxygen atoms in total. The third-order valence-electron chi connectivity index (χ3n) is 3.13. The summed E-state index contributed by atoms with van der Waals surface area (Å²) in [7, 11) is 0. The molecule has 0 fully saturated rings. The van der Waals surface area contributed by atoms with E-state index in [9.17, 15) is 14.9 Å². The Bertz CT molecular complexity index is 405. The molecule has 0 aliphatic carbocycles. The van der Waals surface area contributed by atoms with Crippen molar-refractivity contribution < 1.29 is 14.8 Å². The zero-order valence-electron chi connectivity index (χ0n) is 10.3. The Morgan fingerprint density at radius 1 is 1.39 bits per heavy atom. The van der Waals surface area contributed by atoms with E-state index in [1.165, 1.54) is 6.92 Å². The second-order valence-corrected chi connectivity index (χ2v) is 4.43. The summed E-state index contributed by atoms with van der Waals surface area (Å²) in [5.41, 5.74) is 1.07. The normalized spacial score (nSPS) is 13.8. The first-order valence-corrected chi connectivity index (χ1v) is 5.89. The molecule has 0 saturated carbocycles. The Hall–Kier alpha value is -1.91. The van der Waals surface area contributed by atoms with Gasteiger partial charge in [0.05, 0.1) is 5.92 Å². The molecular weight excluding hydrogens is 234 g/mol. The van der Waals surface area contributed by atoms with Crippen LogP contribution in [-0.4, -0.2) is 22.5 Å². The summed E-state index contributed by atoms with van der Waals surface area (Å²) in [6.07, 6.45) is 1.18. The third-order valence-corrected chi connectivity index (χ3v) is 3.13. The average molecular weight is 251 g/mol. The standard InChI is InChI=1S/C13H17NO4/c1-10(13(15)16)12(9-14(17)18)8-7-11-5-3-2-4-6-11/h2-6,10,12H,7-9H2,1H3,(H,15,16)/t10-,12+/m0/s1. The van der Waals surface area contributed by atoms with Crippen molar-refractivity contribution in [1.82, 2.24) is 0 Å². The topological polar surface area (TPSA) is 80.4 Å². The number of carboxylic acid groups (broad SMARTS) is 1. The van der Waals surface area contributed by atoms with Gasteiger partial charge >= 0.3 is 5.97 Å². The van der Waals surface area contributed by atoms with Gasteiger partial charge in [0.2, 0.25) is 6.54 Å².